The minimum atomic E-state index is -0.00945. The standard InChI is InChI=1S/C18H21NO2S/c1-18(2,3)14-8-6-13(7-9-14)16(20)19-10-12-22-17(19)15-5-4-11-21-15/h4-9,11,17H,10,12H2,1-3H3/t17-/m0/s1. The van der Waals surface area contributed by atoms with Crippen molar-refractivity contribution in [2.45, 2.75) is 31.6 Å². The van der Waals surface area contributed by atoms with E-state index < -0.39 is 0 Å². The normalized spacial score (nSPS) is 18.7. The van der Waals surface area contributed by atoms with Crippen LogP contribution in [0.4, 0.5) is 0 Å². The Bertz CT molecular complexity index is 641. The van der Waals surface area contributed by atoms with E-state index in [1.165, 1.54) is 5.56 Å². The maximum atomic E-state index is 12.8. The first-order chi connectivity index (χ1) is 10.5. The fourth-order valence-electron chi connectivity index (χ4n) is 2.62. The molecule has 1 aliphatic heterocycles. The predicted molar refractivity (Wildman–Crippen MR) is 90.1 cm³/mol. The number of carbonyl (C=O) groups excluding carboxylic acids is 1. The largest absolute Gasteiger partial charge is 0.466 e. The van der Waals surface area contributed by atoms with Gasteiger partial charge in [0.2, 0.25) is 0 Å². The number of benzene rings is 1. The smallest absolute Gasteiger partial charge is 0.255 e. The number of thioether (sulfide) groups is 1. The van der Waals surface area contributed by atoms with E-state index in [1.54, 1.807) is 18.0 Å². The molecule has 1 aromatic carbocycles. The minimum Gasteiger partial charge on any atom is -0.466 e. The highest BCUT2D eigenvalue weighted by Crippen LogP contribution is 2.39. The molecule has 0 bridgehead atoms. The van der Waals surface area contributed by atoms with E-state index in [0.717, 1.165) is 23.6 Å². The zero-order valence-electron chi connectivity index (χ0n) is 13.2. The van der Waals surface area contributed by atoms with Gasteiger partial charge in [0.25, 0.3) is 5.91 Å². The molecule has 1 aromatic heterocycles. The van der Waals surface area contributed by atoms with Gasteiger partial charge in [-0.1, -0.05) is 32.9 Å². The lowest BCUT2D eigenvalue weighted by Crippen LogP contribution is -2.30. The fourth-order valence-corrected chi connectivity index (χ4v) is 3.83. The Balaban J connectivity index is 1.81. The highest BCUT2D eigenvalue weighted by Gasteiger charge is 2.33. The summed E-state index contributed by atoms with van der Waals surface area (Å²) in [5, 5.41) is -0.00945. The van der Waals surface area contributed by atoms with E-state index in [9.17, 15) is 4.79 Å². The van der Waals surface area contributed by atoms with Gasteiger partial charge < -0.3 is 9.32 Å². The third kappa shape index (κ3) is 2.93. The van der Waals surface area contributed by atoms with Gasteiger partial charge in [-0.3, -0.25) is 4.79 Å². The first kappa shape index (κ1) is 15.2. The maximum absolute atomic E-state index is 12.8. The van der Waals surface area contributed by atoms with E-state index in [0.29, 0.717) is 0 Å². The van der Waals surface area contributed by atoms with Gasteiger partial charge in [-0.25, -0.2) is 0 Å². The van der Waals surface area contributed by atoms with Crippen molar-refractivity contribution in [3.63, 3.8) is 0 Å². The van der Waals surface area contributed by atoms with Crippen LogP contribution in [0.1, 0.15) is 47.8 Å². The predicted octanol–water partition coefficient (Wildman–Crippen LogP) is 4.46. The first-order valence-electron chi connectivity index (χ1n) is 7.53. The molecule has 0 saturated carbocycles. The number of rotatable bonds is 2. The summed E-state index contributed by atoms with van der Waals surface area (Å²) in [6, 6.07) is 11.8. The number of hydrogen-bond donors (Lipinski definition) is 0. The summed E-state index contributed by atoms with van der Waals surface area (Å²) < 4.78 is 5.48. The molecule has 1 fully saturated rings. The van der Waals surface area contributed by atoms with Crippen LogP contribution in [0, 0.1) is 0 Å². The number of hydrogen-bond acceptors (Lipinski definition) is 3. The number of nitrogens with zero attached hydrogens (tertiary/aromatic N) is 1. The molecule has 0 N–H and O–H groups in total. The molecule has 22 heavy (non-hydrogen) atoms. The summed E-state index contributed by atoms with van der Waals surface area (Å²) in [6.45, 7) is 7.28. The summed E-state index contributed by atoms with van der Waals surface area (Å²) >= 11 is 1.75. The second kappa shape index (κ2) is 5.84. The van der Waals surface area contributed by atoms with Crippen molar-refractivity contribution in [3.05, 3.63) is 59.5 Å². The van der Waals surface area contributed by atoms with Crippen molar-refractivity contribution >= 4 is 17.7 Å². The fraction of sp³-hybridized carbons (Fsp3) is 0.389. The molecule has 0 radical (unpaired) electrons. The molecule has 116 valence electrons. The number of carbonyl (C=O) groups is 1. The van der Waals surface area contributed by atoms with Crippen LogP contribution in [0.5, 0.6) is 0 Å². The molecule has 0 unspecified atom stereocenters. The molecule has 3 rings (SSSR count). The van der Waals surface area contributed by atoms with Crippen molar-refractivity contribution < 1.29 is 9.21 Å². The van der Waals surface area contributed by atoms with E-state index >= 15 is 0 Å². The van der Waals surface area contributed by atoms with Crippen LogP contribution in [0.2, 0.25) is 0 Å². The highest BCUT2D eigenvalue weighted by atomic mass is 32.2. The summed E-state index contributed by atoms with van der Waals surface area (Å²) in [7, 11) is 0. The van der Waals surface area contributed by atoms with Crippen LogP contribution < -0.4 is 0 Å². The molecular weight excluding hydrogens is 294 g/mol. The highest BCUT2D eigenvalue weighted by molar-refractivity contribution is 7.99. The molecule has 0 aliphatic carbocycles. The van der Waals surface area contributed by atoms with Gasteiger partial charge in [0, 0.05) is 17.9 Å². The molecule has 3 nitrogen and oxygen atoms in total. The van der Waals surface area contributed by atoms with Gasteiger partial charge in [0.1, 0.15) is 11.1 Å². The zero-order valence-corrected chi connectivity index (χ0v) is 14.0. The summed E-state index contributed by atoms with van der Waals surface area (Å²) in [5.74, 6) is 1.87. The van der Waals surface area contributed by atoms with E-state index in [2.05, 4.69) is 32.9 Å². The number of furan rings is 1. The van der Waals surface area contributed by atoms with Crippen molar-refractivity contribution in [1.29, 1.82) is 0 Å². The van der Waals surface area contributed by atoms with Crippen molar-refractivity contribution in [2.24, 2.45) is 0 Å². The first-order valence-corrected chi connectivity index (χ1v) is 8.58. The van der Waals surface area contributed by atoms with Crippen molar-refractivity contribution in [2.75, 3.05) is 12.3 Å². The monoisotopic (exact) mass is 315 g/mol. The van der Waals surface area contributed by atoms with E-state index in [-0.39, 0.29) is 16.7 Å². The molecule has 2 aromatic rings. The van der Waals surface area contributed by atoms with Gasteiger partial charge in [-0.15, -0.1) is 11.8 Å². The lowest BCUT2D eigenvalue weighted by molar-refractivity contribution is 0.0749. The summed E-state index contributed by atoms with van der Waals surface area (Å²) in [4.78, 5) is 14.7. The van der Waals surface area contributed by atoms with Crippen LogP contribution in [0.25, 0.3) is 0 Å². The van der Waals surface area contributed by atoms with E-state index in [1.807, 2.05) is 29.2 Å². The summed E-state index contributed by atoms with van der Waals surface area (Å²) in [6.07, 6.45) is 1.66. The van der Waals surface area contributed by atoms with Gasteiger partial charge in [-0.2, -0.15) is 0 Å². The Hall–Kier alpha value is -1.68. The van der Waals surface area contributed by atoms with Crippen molar-refractivity contribution in [3.8, 4) is 0 Å². The second-order valence-corrected chi connectivity index (χ2v) is 7.75. The van der Waals surface area contributed by atoms with Gasteiger partial charge in [-0.05, 0) is 35.2 Å². The topological polar surface area (TPSA) is 33.5 Å². The van der Waals surface area contributed by atoms with E-state index in [4.69, 9.17) is 4.42 Å². The van der Waals surface area contributed by atoms with Crippen LogP contribution in [0.3, 0.4) is 0 Å². The molecular formula is C18H21NO2S. The van der Waals surface area contributed by atoms with Crippen LogP contribution >= 0.6 is 11.8 Å². The van der Waals surface area contributed by atoms with Crippen LogP contribution in [0.15, 0.2) is 47.1 Å². The minimum absolute atomic E-state index is 0.00945. The molecule has 1 atom stereocenters. The Kier molecular flexibility index (Phi) is 4.04. The lowest BCUT2D eigenvalue weighted by atomic mass is 9.86. The molecule has 4 heteroatoms. The molecule has 0 spiro atoms. The molecule has 2 heterocycles. The van der Waals surface area contributed by atoms with Gasteiger partial charge in [0.05, 0.1) is 6.26 Å². The Morgan fingerprint density at radius 3 is 2.55 bits per heavy atom. The Labute approximate surface area is 135 Å². The molecule has 1 amide bonds. The Morgan fingerprint density at radius 1 is 1.23 bits per heavy atom. The molecule has 1 saturated heterocycles. The van der Waals surface area contributed by atoms with Gasteiger partial charge in [0.15, 0.2) is 0 Å². The van der Waals surface area contributed by atoms with Crippen molar-refractivity contribution in [1.82, 2.24) is 4.90 Å². The Morgan fingerprint density at radius 2 is 1.95 bits per heavy atom. The quantitative estimate of drug-likeness (QED) is 0.820. The maximum Gasteiger partial charge on any atom is 0.255 e. The summed E-state index contributed by atoms with van der Waals surface area (Å²) in [5.41, 5.74) is 2.08. The third-order valence-corrected chi connectivity index (χ3v) is 5.16. The van der Waals surface area contributed by atoms with Crippen LogP contribution in [-0.4, -0.2) is 23.1 Å². The van der Waals surface area contributed by atoms with Gasteiger partial charge >= 0.3 is 0 Å². The number of amides is 1. The SMILES string of the molecule is CC(C)(C)c1ccc(C(=O)N2CCS[C@H]2c2ccco2)cc1. The second-order valence-electron chi connectivity index (χ2n) is 6.56. The van der Waals surface area contributed by atoms with Crippen LogP contribution in [-0.2, 0) is 5.41 Å². The zero-order chi connectivity index (χ0) is 15.7. The average Bonchev–Trinajstić information content (AvgIpc) is 3.16. The third-order valence-electron chi connectivity index (χ3n) is 3.94. The molecule has 1 aliphatic rings. The lowest BCUT2D eigenvalue weighted by Gasteiger charge is -2.23. The average molecular weight is 315 g/mol.